The van der Waals surface area contributed by atoms with Gasteiger partial charge in [0, 0.05) is 58.4 Å². The van der Waals surface area contributed by atoms with Crippen molar-refractivity contribution in [3.8, 4) is 0 Å². The van der Waals surface area contributed by atoms with Gasteiger partial charge in [-0.2, -0.15) is 0 Å². The molecule has 0 spiro atoms. The van der Waals surface area contributed by atoms with Crippen molar-refractivity contribution in [1.29, 1.82) is 0 Å². The van der Waals surface area contributed by atoms with E-state index in [4.69, 9.17) is 4.74 Å². The maximum absolute atomic E-state index is 12.4. The lowest BCUT2D eigenvalue weighted by Gasteiger charge is -2.35. The largest absolute Gasteiger partial charge is 0.379 e. The Hall–Kier alpha value is -2.19. The summed E-state index contributed by atoms with van der Waals surface area (Å²) in [7, 11) is 0. The van der Waals surface area contributed by atoms with E-state index < -0.39 is 4.92 Å². The molecule has 0 saturated carbocycles. The van der Waals surface area contributed by atoms with Gasteiger partial charge in [0.1, 0.15) is 5.69 Å². The Labute approximate surface area is 153 Å². The first kappa shape index (κ1) is 18.6. The van der Waals surface area contributed by atoms with Crippen LogP contribution in [0.4, 0.5) is 11.4 Å². The molecule has 8 nitrogen and oxygen atoms in total. The topological polar surface area (TPSA) is 87.9 Å². The van der Waals surface area contributed by atoms with Gasteiger partial charge in [0.25, 0.3) is 5.69 Å². The smallest absolute Gasteiger partial charge is 0.292 e. The van der Waals surface area contributed by atoms with Gasteiger partial charge in [0.05, 0.1) is 11.0 Å². The number of para-hydroxylation sites is 2. The van der Waals surface area contributed by atoms with E-state index in [1.807, 2.05) is 4.90 Å². The molecule has 1 atom stereocenters. The first-order valence-electron chi connectivity index (χ1n) is 9.22. The first-order chi connectivity index (χ1) is 12.6. The SMILES string of the molecule is O=C(CCNc1ccccc1[N+](=O)[O-])N1CCN(CC2CCCO2)CC1. The zero-order chi connectivity index (χ0) is 18.4. The number of nitro benzene ring substituents is 1. The molecule has 1 amide bonds. The Morgan fingerprint density at radius 1 is 1.27 bits per heavy atom. The molecule has 0 aromatic heterocycles. The van der Waals surface area contributed by atoms with Gasteiger partial charge in [-0.25, -0.2) is 0 Å². The number of nitrogens with one attached hydrogen (secondary N) is 1. The van der Waals surface area contributed by atoms with Crippen molar-refractivity contribution < 1.29 is 14.5 Å². The molecule has 2 fully saturated rings. The molecule has 26 heavy (non-hydrogen) atoms. The lowest BCUT2D eigenvalue weighted by atomic mass is 10.2. The van der Waals surface area contributed by atoms with Crippen molar-refractivity contribution >= 4 is 17.3 Å². The number of amides is 1. The van der Waals surface area contributed by atoms with Gasteiger partial charge < -0.3 is 15.0 Å². The fourth-order valence-electron chi connectivity index (χ4n) is 3.50. The quantitative estimate of drug-likeness (QED) is 0.587. The van der Waals surface area contributed by atoms with Crippen LogP contribution < -0.4 is 5.32 Å². The van der Waals surface area contributed by atoms with Gasteiger partial charge in [-0.3, -0.25) is 19.8 Å². The van der Waals surface area contributed by atoms with Gasteiger partial charge in [0.15, 0.2) is 0 Å². The van der Waals surface area contributed by atoms with E-state index in [1.54, 1.807) is 18.2 Å². The Bertz CT molecular complexity index is 625. The van der Waals surface area contributed by atoms with Gasteiger partial charge in [-0.1, -0.05) is 12.1 Å². The summed E-state index contributed by atoms with van der Waals surface area (Å²) in [5, 5.41) is 14.0. The molecule has 0 bridgehead atoms. The second-order valence-corrected chi connectivity index (χ2v) is 6.77. The zero-order valence-electron chi connectivity index (χ0n) is 14.9. The van der Waals surface area contributed by atoms with Crippen LogP contribution in [-0.2, 0) is 9.53 Å². The number of rotatable bonds is 7. The number of ether oxygens (including phenoxy) is 1. The Morgan fingerprint density at radius 2 is 2.04 bits per heavy atom. The lowest BCUT2D eigenvalue weighted by molar-refractivity contribution is -0.384. The van der Waals surface area contributed by atoms with Crippen LogP contribution in [0.15, 0.2) is 24.3 Å². The molecule has 8 heteroatoms. The highest BCUT2D eigenvalue weighted by Crippen LogP contribution is 2.23. The number of benzene rings is 1. The van der Waals surface area contributed by atoms with Crippen molar-refractivity contribution in [2.75, 3.05) is 51.2 Å². The molecular weight excluding hydrogens is 336 g/mol. The summed E-state index contributed by atoms with van der Waals surface area (Å²) in [5.74, 6) is 0.0906. The third kappa shape index (κ3) is 4.92. The molecule has 2 heterocycles. The predicted octanol–water partition coefficient (Wildman–Crippen LogP) is 1.72. The molecule has 142 valence electrons. The summed E-state index contributed by atoms with van der Waals surface area (Å²) >= 11 is 0. The standard InChI is InChI=1S/C18H26N4O4/c23-18(7-8-19-16-5-1-2-6-17(16)22(24)25)21-11-9-20(10-12-21)14-15-4-3-13-26-15/h1-2,5-6,15,19H,3-4,7-14H2. The molecule has 1 aromatic rings. The minimum absolute atomic E-state index is 0.0303. The summed E-state index contributed by atoms with van der Waals surface area (Å²) in [6.45, 7) is 5.44. The predicted molar refractivity (Wildman–Crippen MR) is 98.2 cm³/mol. The highest BCUT2D eigenvalue weighted by molar-refractivity contribution is 5.77. The van der Waals surface area contributed by atoms with Gasteiger partial charge in [-0.05, 0) is 18.9 Å². The summed E-state index contributed by atoms with van der Waals surface area (Å²) in [4.78, 5) is 27.2. The number of hydrogen-bond donors (Lipinski definition) is 1. The average Bonchev–Trinajstić information content (AvgIpc) is 3.15. The number of piperazine rings is 1. The molecule has 0 aliphatic carbocycles. The van der Waals surface area contributed by atoms with Crippen molar-refractivity contribution in [3.63, 3.8) is 0 Å². The monoisotopic (exact) mass is 362 g/mol. The van der Waals surface area contributed by atoms with Crippen LogP contribution in [0, 0.1) is 10.1 Å². The van der Waals surface area contributed by atoms with E-state index in [1.165, 1.54) is 6.07 Å². The van der Waals surface area contributed by atoms with Crippen LogP contribution in [0.3, 0.4) is 0 Å². The van der Waals surface area contributed by atoms with Gasteiger partial charge >= 0.3 is 0 Å². The first-order valence-corrected chi connectivity index (χ1v) is 9.22. The number of anilines is 1. The van der Waals surface area contributed by atoms with E-state index >= 15 is 0 Å². The fraction of sp³-hybridized carbons (Fsp3) is 0.611. The van der Waals surface area contributed by atoms with E-state index in [0.717, 1.165) is 52.2 Å². The van der Waals surface area contributed by atoms with Crippen LogP contribution in [0.1, 0.15) is 19.3 Å². The van der Waals surface area contributed by atoms with E-state index in [2.05, 4.69) is 10.2 Å². The molecule has 2 aliphatic heterocycles. The molecule has 3 rings (SSSR count). The maximum Gasteiger partial charge on any atom is 0.292 e. The number of hydrogen-bond acceptors (Lipinski definition) is 6. The van der Waals surface area contributed by atoms with E-state index in [9.17, 15) is 14.9 Å². The van der Waals surface area contributed by atoms with Crippen LogP contribution in [-0.4, -0.2) is 72.6 Å². The van der Waals surface area contributed by atoms with Crippen molar-refractivity contribution in [2.24, 2.45) is 0 Å². The average molecular weight is 362 g/mol. The summed E-state index contributed by atoms with van der Waals surface area (Å²) in [6.07, 6.45) is 2.97. The molecule has 0 radical (unpaired) electrons. The number of carbonyl (C=O) groups is 1. The molecule has 2 saturated heterocycles. The van der Waals surface area contributed by atoms with E-state index in [0.29, 0.717) is 24.8 Å². The highest BCUT2D eigenvalue weighted by Gasteiger charge is 2.24. The van der Waals surface area contributed by atoms with Crippen molar-refractivity contribution in [2.45, 2.75) is 25.4 Å². The fourth-order valence-corrected chi connectivity index (χ4v) is 3.50. The summed E-state index contributed by atoms with van der Waals surface area (Å²) < 4.78 is 5.67. The van der Waals surface area contributed by atoms with Crippen molar-refractivity contribution in [1.82, 2.24) is 9.80 Å². The number of carbonyl (C=O) groups excluding carboxylic acids is 1. The Kier molecular flexibility index (Phi) is 6.40. The van der Waals surface area contributed by atoms with Crippen LogP contribution >= 0.6 is 0 Å². The summed E-state index contributed by atoms with van der Waals surface area (Å²) in [6, 6.07) is 6.49. The molecule has 1 aromatic carbocycles. The van der Waals surface area contributed by atoms with Gasteiger partial charge in [0.2, 0.25) is 5.91 Å². The maximum atomic E-state index is 12.4. The van der Waals surface area contributed by atoms with Crippen LogP contribution in [0.5, 0.6) is 0 Å². The summed E-state index contributed by atoms with van der Waals surface area (Å²) in [5.41, 5.74) is 0.481. The minimum atomic E-state index is -0.419. The molecular formula is C18H26N4O4. The third-order valence-corrected chi connectivity index (χ3v) is 4.97. The normalized spacial score (nSPS) is 20.9. The number of nitrogens with zero attached hydrogens (tertiary/aromatic N) is 3. The molecule has 1 N–H and O–H groups in total. The van der Waals surface area contributed by atoms with Crippen LogP contribution in [0.25, 0.3) is 0 Å². The second-order valence-electron chi connectivity index (χ2n) is 6.77. The minimum Gasteiger partial charge on any atom is -0.379 e. The van der Waals surface area contributed by atoms with Crippen molar-refractivity contribution in [3.05, 3.63) is 34.4 Å². The molecule has 1 unspecified atom stereocenters. The molecule has 2 aliphatic rings. The third-order valence-electron chi connectivity index (χ3n) is 4.97. The van der Waals surface area contributed by atoms with Crippen LogP contribution in [0.2, 0.25) is 0 Å². The van der Waals surface area contributed by atoms with E-state index in [-0.39, 0.29) is 11.6 Å². The number of nitro groups is 1. The second kappa shape index (κ2) is 8.95. The Balaban J connectivity index is 1.39. The Morgan fingerprint density at radius 3 is 2.73 bits per heavy atom. The zero-order valence-corrected chi connectivity index (χ0v) is 14.9. The lowest BCUT2D eigenvalue weighted by Crippen LogP contribution is -2.50. The van der Waals surface area contributed by atoms with Gasteiger partial charge in [-0.15, -0.1) is 0 Å². The highest BCUT2D eigenvalue weighted by atomic mass is 16.6.